The largest absolute Gasteiger partial charge is 0.325 e. The number of nitrogens with zero attached hydrogens (tertiary/aromatic N) is 2. The van der Waals surface area contributed by atoms with E-state index in [1.54, 1.807) is 0 Å². The molecule has 1 fully saturated rings. The highest BCUT2D eigenvalue weighted by Crippen LogP contribution is 2.36. The lowest BCUT2D eigenvalue weighted by molar-refractivity contribution is -0.114. The van der Waals surface area contributed by atoms with Gasteiger partial charge < -0.3 is 10.2 Å². The van der Waals surface area contributed by atoms with E-state index >= 15 is 0 Å². The average Bonchev–Trinajstić information content (AvgIpc) is 3.16. The fraction of sp³-hybridized carbons (Fsp3) is 0.300. The topological polar surface area (TPSA) is 78.8 Å². The van der Waals surface area contributed by atoms with Crippen LogP contribution in [0.2, 0.25) is 0 Å². The highest BCUT2D eigenvalue weighted by molar-refractivity contribution is 8.15. The van der Waals surface area contributed by atoms with Crippen molar-refractivity contribution in [2.45, 2.75) is 18.2 Å². The molecule has 0 aliphatic carbocycles. The molecule has 1 amide bonds. The molecule has 6 nitrogen and oxygen atoms in total. The number of amides is 1. The van der Waals surface area contributed by atoms with Crippen molar-refractivity contribution in [3.05, 3.63) is 60.2 Å². The maximum atomic E-state index is 12.7. The second-order valence-electron chi connectivity index (χ2n) is 7.05. The number of sulfone groups is 1. The Bertz CT molecular complexity index is 1000. The Morgan fingerprint density at radius 3 is 2.54 bits per heavy atom. The molecule has 0 saturated carbocycles. The summed E-state index contributed by atoms with van der Waals surface area (Å²) in [4.78, 5) is 19.2. The Morgan fingerprint density at radius 2 is 1.86 bits per heavy atom. The first kappa shape index (κ1) is 19.0. The van der Waals surface area contributed by atoms with Crippen molar-refractivity contribution < 1.29 is 13.2 Å². The predicted molar refractivity (Wildman–Crippen MR) is 115 cm³/mol. The summed E-state index contributed by atoms with van der Waals surface area (Å²) >= 11 is 1.45. The third kappa shape index (κ3) is 4.23. The van der Waals surface area contributed by atoms with Crippen LogP contribution in [0.25, 0.3) is 0 Å². The van der Waals surface area contributed by atoms with Crippen LogP contribution in [-0.2, 0) is 14.6 Å². The lowest BCUT2D eigenvalue weighted by atomic mass is 10.2. The maximum absolute atomic E-state index is 12.7. The van der Waals surface area contributed by atoms with Gasteiger partial charge in [-0.05, 0) is 31.2 Å². The van der Waals surface area contributed by atoms with Crippen molar-refractivity contribution >= 4 is 44.0 Å². The fourth-order valence-corrected chi connectivity index (χ4v) is 7.11. The number of fused-ring (bicyclic) bond motifs is 1. The van der Waals surface area contributed by atoms with Crippen LogP contribution in [-0.4, -0.2) is 48.8 Å². The Balaban J connectivity index is 1.54. The maximum Gasteiger partial charge on any atom is 0.244 e. The van der Waals surface area contributed by atoms with Gasteiger partial charge in [0.05, 0.1) is 17.5 Å². The third-order valence-corrected chi connectivity index (χ3v) is 7.99. The molecule has 0 aromatic heterocycles. The number of aliphatic imine (C=N–C) groups is 1. The van der Waals surface area contributed by atoms with E-state index in [0.717, 1.165) is 16.9 Å². The van der Waals surface area contributed by atoms with Gasteiger partial charge in [-0.3, -0.25) is 9.79 Å². The van der Waals surface area contributed by atoms with Gasteiger partial charge in [0, 0.05) is 16.6 Å². The summed E-state index contributed by atoms with van der Waals surface area (Å²) in [6.45, 7) is 2.10. The van der Waals surface area contributed by atoms with Gasteiger partial charge in [-0.2, -0.15) is 0 Å². The van der Waals surface area contributed by atoms with Gasteiger partial charge >= 0.3 is 0 Å². The normalized spacial score (nSPS) is 22.4. The van der Waals surface area contributed by atoms with Crippen LogP contribution in [0.5, 0.6) is 0 Å². The molecular weight excluding hydrogens is 394 g/mol. The zero-order valence-electron chi connectivity index (χ0n) is 15.4. The minimum absolute atomic E-state index is 0.0635. The Kier molecular flexibility index (Phi) is 5.16. The Hall–Kier alpha value is -2.32. The molecule has 1 saturated heterocycles. The summed E-state index contributed by atoms with van der Waals surface area (Å²) in [6, 6.07) is 17.0. The average molecular weight is 416 g/mol. The standard InChI is InChI=1S/C20H21N3O3S2/c1-14-7-9-15(10-8-14)21-19(24)11-23(16-5-3-2-4-6-16)20-22-17-12-28(25,26)13-18(17)27-20/h2-10,17-18H,11-13H2,1H3,(H,21,24)/t17-,18+/m0/s1. The van der Waals surface area contributed by atoms with Crippen molar-refractivity contribution in [2.75, 3.05) is 28.3 Å². The molecule has 2 aromatic rings. The fourth-order valence-electron chi connectivity index (χ4n) is 3.33. The molecule has 0 bridgehead atoms. The SMILES string of the molecule is Cc1ccc(NC(=O)CN(C2=N[C@H]3CS(=O)(=O)C[C@H]3S2)c2ccccc2)cc1. The van der Waals surface area contributed by atoms with E-state index in [4.69, 9.17) is 0 Å². The Morgan fingerprint density at radius 1 is 1.14 bits per heavy atom. The first-order valence-electron chi connectivity index (χ1n) is 9.04. The zero-order chi connectivity index (χ0) is 19.7. The predicted octanol–water partition coefficient (Wildman–Crippen LogP) is 2.71. The van der Waals surface area contributed by atoms with Crippen LogP contribution >= 0.6 is 11.8 Å². The minimum atomic E-state index is -3.01. The van der Waals surface area contributed by atoms with Gasteiger partial charge in [0.25, 0.3) is 0 Å². The van der Waals surface area contributed by atoms with Crippen LogP contribution in [0.3, 0.4) is 0 Å². The van der Waals surface area contributed by atoms with Gasteiger partial charge in [-0.15, -0.1) is 0 Å². The second kappa shape index (κ2) is 7.60. The number of para-hydroxylation sites is 1. The monoisotopic (exact) mass is 415 g/mol. The van der Waals surface area contributed by atoms with Crippen LogP contribution in [0.4, 0.5) is 11.4 Å². The molecule has 2 aliphatic rings. The lowest BCUT2D eigenvalue weighted by Gasteiger charge is -2.24. The van der Waals surface area contributed by atoms with E-state index in [0.29, 0.717) is 5.17 Å². The zero-order valence-corrected chi connectivity index (χ0v) is 17.0. The molecule has 146 valence electrons. The first-order valence-corrected chi connectivity index (χ1v) is 11.7. The number of carbonyl (C=O) groups excluding carboxylic acids is 1. The lowest BCUT2D eigenvalue weighted by Crippen LogP contribution is -2.36. The molecule has 4 rings (SSSR count). The quantitative estimate of drug-likeness (QED) is 0.831. The molecule has 1 N–H and O–H groups in total. The van der Waals surface area contributed by atoms with Crippen molar-refractivity contribution in [3.8, 4) is 0 Å². The van der Waals surface area contributed by atoms with Gasteiger partial charge in [0.15, 0.2) is 15.0 Å². The number of hydrogen-bond donors (Lipinski definition) is 1. The number of thioether (sulfide) groups is 1. The number of hydrogen-bond acceptors (Lipinski definition) is 6. The molecule has 0 unspecified atom stereocenters. The van der Waals surface area contributed by atoms with Crippen molar-refractivity contribution in [1.82, 2.24) is 0 Å². The highest BCUT2D eigenvalue weighted by Gasteiger charge is 2.44. The molecule has 2 heterocycles. The number of carbonyl (C=O) groups is 1. The summed E-state index contributed by atoms with van der Waals surface area (Å²) in [5.41, 5.74) is 2.73. The summed E-state index contributed by atoms with van der Waals surface area (Å²) in [5, 5.41) is 3.56. The number of amidine groups is 1. The van der Waals surface area contributed by atoms with Crippen LogP contribution in [0.1, 0.15) is 5.56 Å². The van der Waals surface area contributed by atoms with E-state index in [1.165, 1.54) is 11.8 Å². The highest BCUT2D eigenvalue weighted by atomic mass is 32.2. The van der Waals surface area contributed by atoms with E-state index in [-0.39, 0.29) is 35.2 Å². The van der Waals surface area contributed by atoms with Gasteiger partial charge in [0.1, 0.15) is 6.54 Å². The van der Waals surface area contributed by atoms with Gasteiger partial charge in [-0.1, -0.05) is 47.7 Å². The summed E-state index contributed by atoms with van der Waals surface area (Å²) in [7, 11) is -3.01. The summed E-state index contributed by atoms with van der Waals surface area (Å²) < 4.78 is 23.7. The van der Waals surface area contributed by atoms with E-state index in [2.05, 4.69) is 10.3 Å². The minimum Gasteiger partial charge on any atom is -0.325 e. The summed E-state index contributed by atoms with van der Waals surface area (Å²) in [5.74, 6) is 0.0839. The molecular formula is C20H21N3O3S2. The van der Waals surface area contributed by atoms with Gasteiger partial charge in [0.2, 0.25) is 5.91 Å². The van der Waals surface area contributed by atoms with Crippen LogP contribution in [0, 0.1) is 6.92 Å². The summed E-state index contributed by atoms with van der Waals surface area (Å²) in [6.07, 6.45) is 0. The first-order chi connectivity index (χ1) is 13.4. The molecule has 2 aromatic carbocycles. The van der Waals surface area contributed by atoms with Gasteiger partial charge in [-0.25, -0.2) is 8.42 Å². The van der Waals surface area contributed by atoms with Crippen LogP contribution in [0.15, 0.2) is 59.6 Å². The number of rotatable bonds is 4. The number of anilines is 2. The van der Waals surface area contributed by atoms with E-state index in [9.17, 15) is 13.2 Å². The van der Waals surface area contributed by atoms with Crippen molar-refractivity contribution in [1.29, 1.82) is 0 Å². The molecule has 2 aliphatic heterocycles. The smallest absolute Gasteiger partial charge is 0.244 e. The van der Waals surface area contributed by atoms with Crippen LogP contribution < -0.4 is 10.2 Å². The molecule has 0 spiro atoms. The molecule has 2 atom stereocenters. The van der Waals surface area contributed by atoms with E-state index in [1.807, 2.05) is 66.4 Å². The van der Waals surface area contributed by atoms with Crippen molar-refractivity contribution in [3.63, 3.8) is 0 Å². The third-order valence-electron chi connectivity index (χ3n) is 4.74. The number of aryl methyl sites for hydroxylation is 1. The molecule has 0 radical (unpaired) electrons. The number of benzene rings is 2. The molecule has 8 heteroatoms. The second-order valence-corrected chi connectivity index (χ2v) is 10.4. The van der Waals surface area contributed by atoms with E-state index < -0.39 is 9.84 Å². The molecule has 28 heavy (non-hydrogen) atoms. The Labute approximate surface area is 169 Å². The van der Waals surface area contributed by atoms with Crippen molar-refractivity contribution in [2.24, 2.45) is 4.99 Å². The number of nitrogens with one attached hydrogen (secondary N) is 1.